The summed E-state index contributed by atoms with van der Waals surface area (Å²) in [6.07, 6.45) is 0.328. The van der Waals surface area contributed by atoms with Crippen molar-refractivity contribution < 1.29 is 31.1 Å². The van der Waals surface area contributed by atoms with Crippen LogP contribution < -0.4 is 11.1 Å². The summed E-state index contributed by atoms with van der Waals surface area (Å²) in [4.78, 5) is 35.2. The van der Waals surface area contributed by atoms with Gasteiger partial charge in [-0.3, -0.25) is 14.4 Å². The fourth-order valence-corrected chi connectivity index (χ4v) is 5.40. The summed E-state index contributed by atoms with van der Waals surface area (Å²) in [5, 5.41) is -0.321. The van der Waals surface area contributed by atoms with E-state index in [0.29, 0.717) is 36.1 Å². The third-order valence-electron chi connectivity index (χ3n) is 6.03. The van der Waals surface area contributed by atoms with E-state index in [9.17, 15) is 40.7 Å². The molecule has 0 bridgehead atoms. The quantitative estimate of drug-likeness (QED) is 0.112. The van der Waals surface area contributed by atoms with Gasteiger partial charge in [-0.25, -0.2) is 26.3 Å². The SMILES string of the molecule is CCn1c(-c2c(F)cc(F)cc2F)c(C(Br)Br)cc(Cl)c1=O.CCn1c(-c2c(F)cc(F)cc2F)c(C=O)cc(Cl)c1=O. The molecular weight excluding hydrogens is 757 g/mol. The van der Waals surface area contributed by atoms with Gasteiger partial charge in [0.25, 0.3) is 11.1 Å². The number of aldehydes is 1. The number of aromatic nitrogens is 2. The molecule has 0 aliphatic carbocycles. The average Bonchev–Trinajstić information content (AvgIpc) is 2.91. The molecule has 4 aromatic rings. The molecule has 228 valence electrons. The molecule has 0 unspecified atom stereocenters. The number of pyridine rings is 2. The second kappa shape index (κ2) is 14.3. The number of halogens is 10. The van der Waals surface area contributed by atoms with E-state index in [0.717, 1.165) is 15.2 Å². The molecule has 0 saturated heterocycles. The van der Waals surface area contributed by atoms with E-state index >= 15 is 0 Å². The summed E-state index contributed by atoms with van der Waals surface area (Å²) in [7, 11) is 0. The largest absolute Gasteiger partial charge is 0.307 e. The van der Waals surface area contributed by atoms with Gasteiger partial charge < -0.3 is 9.13 Å². The van der Waals surface area contributed by atoms with Crippen LogP contribution >= 0.6 is 55.1 Å². The van der Waals surface area contributed by atoms with E-state index in [1.165, 1.54) is 6.07 Å². The fourth-order valence-electron chi connectivity index (χ4n) is 4.26. The molecular formula is C28H18Br2Cl2F6N2O3. The summed E-state index contributed by atoms with van der Waals surface area (Å²) < 4.78 is 83.8. The first-order valence-corrected chi connectivity index (χ1v) is 14.7. The van der Waals surface area contributed by atoms with Crippen molar-refractivity contribution in [1.29, 1.82) is 0 Å². The van der Waals surface area contributed by atoms with E-state index in [4.69, 9.17) is 23.2 Å². The number of nitrogens with zero attached hydrogens (tertiary/aromatic N) is 2. The minimum absolute atomic E-state index is 0.00523. The highest BCUT2D eigenvalue weighted by Crippen LogP contribution is 2.39. The van der Waals surface area contributed by atoms with E-state index in [1.54, 1.807) is 13.8 Å². The standard InChI is InChI=1S/C14H9Br2ClF3NO.C14H9ClF3NO2/c1-2-21-12(7(13(15)16)5-8(17)14(21)22)11-9(19)3-6(18)4-10(11)20;1-2-19-13(7(6-20)3-9(15)14(19)21)12-10(17)4-8(16)5-11(12)18/h3-5,13H,2H2,1H3;3-6H,2H2,1H3. The van der Waals surface area contributed by atoms with Gasteiger partial charge in [-0.2, -0.15) is 0 Å². The molecule has 5 nitrogen and oxygen atoms in total. The number of rotatable bonds is 6. The maximum absolute atomic E-state index is 14.1. The molecule has 2 aromatic carbocycles. The lowest BCUT2D eigenvalue weighted by Gasteiger charge is -2.19. The molecule has 0 radical (unpaired) electrons. The molecule has 2 aromatic heterocycles. The van der Waals surface area contributed by atoms with Gasteiger partial charge in [0.05, 0.1) is 26.3 Å². The first-order chi connectivity index (χ1) is 20.2. The molecule has 0 saturated carbocycles. The minimum Gasteiger partial charge on any atom is -0.307 e. The van der Waals surface area contributed by atoms with Gasteiger partial charge in [0.15, 0.2) is 6.29 Å². The third kappa shape index (κ3) is 7.11. The van der Waals surface area contributed by atoms with Crippen molar-refractivity contribution in [3.05, 3.63) is 113 Å². The Balaban J connectivity index is 0.000000236. The first-order valence-electron chi connectivity index (χ1n) is 12.1. The predicted octanol–water partition coefficient (Wildman–Crippen LogP) is 8.81. The average molecular weight is 775 g/mol. The van der Waals surface area contributed by atoms with Gasteiger partial charge in [-0.05, 0) is 26.0 Å². The number of alkyl halides is 2. The Morgan fingerprint density at radius 3 is 1.44 bits per heavy atom. The molecule has 0 atom stereocenters. The van der Waals surface area contributed by atoms with Gasteiger partial charge in [0, 0.05) is 48.5 Å². The van der Waals surface area contributed by atoms with Crippen molar-refractivity contribution in [2.24, 2.45) is 0 Å². The van der Waals surface area contributed by atoms with Crippen LogP contribution in [0.5, 0.6) is 0 Å². The van der Waals surface area contributed by atoms with Crippen molar-refractivity contribution in [2.75, 3.05) is 0 Å². The molecule has 0 N–H and O–H groups in total. The Labute approximate surface area is 266 Å². The highest BCUT2D eigenvalue weighted by molar-refractivity contribution is 9.24. The summed E-state index contributed by atoms with van der Waals surface area (Å²) in [6.45, 7) is 3.37. The van der Waals surface area contributed by atoms with Crippen molar-refractivity contribution in [2.45, 2.75) is 30.7 Å². The van der Waals surface area contributed by atoms with Crippen LogP contribution in [0.3, 0.4) is 0 Å². The second-order valence-corrected chi connectivity index (χ2v) is 12.5. The minimum atomic E-state index is -1.21. The van der Waals surface area contributed by atoms with Crippen molar-refractivity contribution in [3.63, 3.8) is 0 Å². The topological polar surface area (TPSA) is 61.1 Å². The van der Waals surface area contributed by atoms with Gasteiger partial charge >= 0.3 is 0 Å². The Kier molecular flexibility index (Phi) is 11.5. The normalized spacial score (nSPS) is 11.0. The van der Waals surface area contributed by atoms with Crippen LogP contribution in [0.4, 0.5) is 26.3 Å². The lowest BCUT2D eigenvalue weighted by Crippen LogP contribution is -2.23. The summed E-state index contributed by atoms with van der Waals surface area (Å²) in [5.74, 6) is -6.74. The predicted molar refractivity (Wildman–Crippen MR) is 159 cm³/mol. The Morgan fingerprint density at radius 2 is 1.07 bits per heavy atom. The van der Waals surface area contributed by atoms with Gasteiger partial charge in [0.1, 0.15) is 44.9 Å². The van der Waals surface area contributed by atoms with E-state index in [2.05, 4.69) is 31.9 Å². The Morgan fingerprint density at radius 1 is 0.698 bits per heavy atom. The van der Waals surface area contributed by atoms with Crippen LogP contribution in [-0.2, 0) is 13.1 Å². The van der Waals surface area contributed by atoms with Crippen molar-refractivity contribution in [3.8, 4) is 22.5 Å². The molecule has 2 heterocycles. The molecule has 0 aliphatic heterocycles. The number of benzene rings is 2. The molecule has 0 fully saturated rings. The highest BCUT2D eigenvalue weighted by atomic mass is 79.9. The number of carbonyl (C=O) groups is 1. The van der Waals surface area contributed by atoms with Gasteiger partial charge in [-0.15, -0.1) is 0 Å². The highest BCUT2D eigenvalue weighted by Gasteiger charge is 2.25. The number of carbonyl (C=O) groups excluding carboxylic acids is 1. The Bertz CT molecular complexity index is 1800. The number of hydrogen-bond acceptors (Lipinski definition) is 3. The zero-order chi connectivity index (χ0) is 32.3. The Hall–Kier alpha value is -2.87. The molecule has 0 amide bonds. The monoisotopic (exact) mass is 772 g/mol. The molecule has 4 rings (SSSR count). The lowest BCUT2D eigenvalue weighted by atomic mass is 10.0. The van der Waals surface area contributed by atoms with Crippen LogP contribution in [-0.4, -0.2) is 15.4 Å². The third-order valence-corrected chi connectivity index (χ3v) is 7.56. The zero-order valence-electron chi connectivity index (χ0n) is 21.9. The van der Waals surface area contributed by atoms with E-state index < -0.39 is 60.9 Å². The van der Waals surface area contributed by atoms with Crippen LogP contribution in [0.2, 0.25) is 10.0 Å². The van der Waals surface area contributed by atoms with E-state index in [-0.39, 0.29) is 40.1 Å². The maximum Gasteiger partial charge on any atom is 0.269 e. The summed E-state index contributed by atoms with van der Waals surface area (Å²) in [5.41, 5.74) is -2.45. The number of hydrogen-bond donors (Lipinski definition) is 0. The first kappa shape index (κ1) is 34.6. The molecule has 43 heavy (non-hydrogen) atoms. The second-order valence-electron chi connectivity index (χ2n) is 8.60. The zero-order valence-corrected chi connectivity index (χ0v) is 26.6. The van der Waals surface area contributed by atoms with Crippen LogP contribution in [0.25, 0.3) is 22.5 Å². The van der Waals surface area contributed by atoms with Crippen LogP contribution in [0.15, 0.2) is 46.0 Å². The summed E-state index contributed by atoms with van der Waals surface area (Å²) in [6, 6.07) is 4.44. The van der Waals surface area contributed by atoms with Crippen molar-refractivity contribution >= 4 is 61.3 Å². The summed E-state index contributed by atoms with van der Waals surface area (Å²) >= 11 is 18.1. The molecule has 0 aliphatic rings. The molecule has 15 heteroatoms. The lowest BCUT2D eigenvalue weighted by molar-refractivity contribution is 0.112. The maximum atomic E-state index is 14.1. The van der Waals surface area contributed by atoms with E-state index in [1.807, 2.05) is 0 Å². The fraction of sp³-hybridized carbons (Fsp3) is 0.179. The van der Waals surface area contributed by atoms with Gasteiger partial charge in [0.2, 0.25) is 0 Å². The van der Waals surface area contributed by atoms with Crippen LogP contribution in [0.1, 0.15) is 33.5 Å². The van der Waals surface area contributed by atoms with Gasteiger partial charge in [-0.1, -0.05) is 55.1 Å². The van der Waals surface area contributed by atoms with Crippen molar-refractivity contribution in [1.82, 2.24) is 9.13 Å². The van der Waals surface area contributed by atoms with Crippen LogP contribution in [0, 0.1) is 34.9 Å². The molecule has 0 spiro atoms. The smallest absolute Gasteiger partial charge is 0.269 e.